The number of nitrogens with one attached hydrogen (secondary N) is 2. The first kappa shape index (κ1) is 17.4. The zero-order chi connectivity index (χ0) is 19.3. The topological polar surface area (TPSA) is 111 Å². The fraction of sp³-hybridized carbons (Fsp3) is 0.105. The quantitative estimate of drug-likeness (QED) is 0.533. The summed E-state index contributed by atoms with van der Waals surface area (Å²) in [6.45, 7) is 0.393. The highest BCUT2D eigenvalue weighted by Gasteiger charge is 2.15. The number of carbonyl (C=O) groups is 1. The molecule has 2 N–H and O–H groups in total. The van der Waals surface area contributed by atoms with Crippen molar-refractivity contribution >= 4 is 17.7 Å². The third-order valence-electron chi connectivity index (χ3n) is 3.97. The van der Waals surface area contributed by atoms with Crippen LogP contribution in [-0.4, -0.2) is 30.6 Å². The number of hydrogen-bond donors (Lipinski definition) is 2. The Morgan fingerprint density at radius 3 is 2.71 bits per heavy atom. The second-order valence-corrected chi connectivity index (χ2v) is 5.94. The molecular formula is C19H17N7O2. The summed E-state index contributed by atoms with van der Waals surface area (Å²) in [6.07, 6.45) is 4.67. The van der Waals surface area contributed by atoms with Gasteiger partial charge in [0.25, 0.3) is 5.89 Å². The molecule has 0 saturated carbocycles. The molecule has 4 rings (SSSR count). The molecule has 0 aliphatic carbocycles. The molecule has 0 aliphatic heterocycles. The van der Waals surface area contributed by atoms with Crippen molar-refractivity contribution in [2.24, 2.45) is 7.05 Å². The monoisotopic (exact) mass is 375 g/mol. The number of anilines is 2. The summed E-state index contributed by atoms with van der Waals surface area (Å²) < 4.78 is 6.98. The van der Waals surface area contributed by atoms with Crippen molar-refractivity contribution in [2.75, 3.05) is 5.32 Å². The van der Waals surface area contributed by atoms with Crippen molar-refractivity contribution in [1.82, 2.24) is 30.0 Å². The minimum absolute atomic E-state index is 0.0225. The van der Waals surface area contributed by atoms with E-state index in [1.165, 1.54) is 6.26 Å². The summed E-state index contributed by atoms with van der Waals surface area (Å²) in [5, 5.41) is 9.93. The maximum Gasteiger partial charge on any atom is 0.307 e. The van der Waals surface area contributed by atoms with E-state index in [9.17, 15) is 4.79 Å². The van der Waals surface area contributed by atoms with Gasteiger partial charge in [-0.15, -0.1) is 0 Å². The standard InChI is InChI=1S/C19H17N7O2/c1-26-16(8-10-22-26)25-19-20-9-7-14(24-19)15-12-28-18(23-15)17(27)21-11-13-5-3-2-4-6-13/h2-10,12H,11H2,1H3,(H,21,27)(H,20,24,25). The van der Waals surface area contributed by atoms with E-state index in [4.69, 9.17) is 4.42 Å². The van der Waals surface area contributed by atoms with Crippen LogP contribution in [0.15, 0.2) is 65.5 Å². The van der Waals surface area contributed by atoms with Gasteiger partial charge in [-0.3, -0.25) is 9.48 Å². The molecule has 0 saturated heterocycles. The van der Waals surface area contributed by atoms with Crippen LogP contribution in [0.1, 0.15) is 16.2 Å². The number of carbonyl (C=O) groups excluding carboxylic acids is 1. The van der Waals surface area contributed by atoms with Crippen LogP contribution in [0.5, 0.6) is 0 Å². The minimum Gasteiger partial charge on any atom is -0.440 e. The van der Waals surface area contributed by atoms with E-state index < -0.39 is 5.91 Å². The number of oxazole rings is 1. The Morgan fingerprint density at radius 2 is 1.93 bits per heavy atom. The number of benzene rings is 1. The van der Waals surface area contributed by atoms with Gasteiger partial charge >= 0.3 is 5.91 Å². The first-order valence-electron chi connectivity index (χ1n) is 8.55. The van der Waals surface area contributed by atoms with Gasteiger partial charge in [0.05, 0.1) is 11.9 Å². The summed E-state index contributed by atoms with van der Waals surface area (Å²) >= 11 is 0. The molecule has 0 bridgehead atoms. The summed E-state index contributed by atoms with van der Waals surface area (Å²) in [5.74, 6) is 0.723. The highest BCUT2D eigenvalue weighted by Crippen LogP contribution is 2.19. The maximum atomic E-state index is 12.3. The summed E-state index contributed by atoms with van der Waals surface area (Å²) in [6, 6.07) is 13.1. The van der Waals surface area contributed by atoms with Crippen LogP contribution in [-0.2, 0) is 13.6 Å². The molecule has 1 aromatic carbocycles. The molecule has 0 radical (unpaired) electrons. The van der Waals surface area contributed by atoms with Crippen molar-refractivity contribution in [2.45, 2.75) is 6.54 Å². The van der Waals surface area contributed by atoms with Crippen molar-refractivity contribution < 1.29 is 9.21 Å². The Labute approximate surface area is 160 Å². The van der Waals surface area contributed by atoms with E-state index in [1.54, 1.807) is 29.2 Å². The summed E-state index contributed by atoms with van der Waals surface area (Å²) in [5.41, 5.74) is 1.97. The lowest BCUT2D eigenvalue weighted by atomic mass is 10.2. The lowest BCUT2D eigenvalue weighted by Gasteiger charge is -2.05. The molecule has 3 heterocycles. The van der Waals surface area contributed by atoms with Gasteiger partial charge in [0.15, 0.2) is 0 Å². The lowest BCUT2D eigenvalue weighted by molar-refractivity contribution is 0.0916. The van der Waals surface area contributed by atoms with Gasteiger partial charge in [0, 0.05) is 25.9 Å². The molecule has 0 atom stereocenters. The lowest BCUT2D eigenvalue weighted by Crippen LogP contribution is -2.23. The fourth-order valence-corrected chi connectivity index (χ4v) is 2.52. The third kappa shape index (κ3) is 3.88. The molecule has 9 heteroatoms. The van der Waals surface area contributed by atoms with E-state index in [1.807, 2.05) is 37.4 Å². The van der Waals surface area contributed by atoms with Crippen LogP contribution in [0.3, 0.4) is 0 Å². The molecule has 9 nitrogen and oxygen atoms in total. The third-order valence-corrected chi connectivity index (χ3v) is 3.97. The van der Waals surface area contributed by atoms with Gasteiger partial charge in [-0.05, 0) is 11.6 Å². The second kappa shape index (κ2) is 7.70. The van der Waals surface area contributed by atoms with Crippen LogP contribution in [0, 0.1) is 0 Å². The highest BCUT2D eigenvalue weighted by atomic mass is 16.4. The normalized spacial score (nSPS) is 10.6. The van der Waals surface area contributed by atoms with Crippen LogP contribution >= 0.6 is 0 Å². The van der Waals surface area contributed by atoms with Crippen molar-refractivity contribution in [3.8, 4) is 11.4 Å². The Hall–Kier alpha value is -4.01. The van der Waals surface area contributed by atoms with E-state index in [-0.39, 0.29) is 5.89 Å². The molecule has 1 amide bonds. The zero-order valence-electron chi connectivity index (χ0n) is 15.0. The molecule has 0 aliphatic rings. The number of hydrogen-bond acceptors (Lipinski definition) is 7. The Kier molecular flexibility index (Phi) is 4.79. The number of nitrogens with zero attached hydrogens (tertiary/aromatic N) is 5. The smallest absolute Gasteiger partial charge is 0.307 e. The van der Waals surface area contributed by atoms with Crippen LogP contribution < -0.4 is 10.6 Å². The Balaban J connectivity index is 1.46. The zero-order valence-corrected chi connectivity index (χ0v) is 15.0. The van der Waals surface area contributed by atoms with Crippen LogP contribution in [0.2, 0.25) is 0 Å². The average molecular weight is 375 g/mol. The molecule has 0 fully saturated rings. The first-order valence-corrected chi connectivity index (χ1v) is 8.55. The predicted octanol–water partition coefficient (Wildman–Crippen LogP) is 2.54. The van der Waals surface area contributed by atoms with Gasteiger partial charge in [0.2, 0.25) is 5.95 Å². The van der Waals surface area contributed by atoms with E-state index in [0.29, 0.717) is 23.9 Å². The molecule has 28 heavy (non-hydrogen) atoms. The van der Waals surface area contributed by atoms with Crippen molar-refractivity contribution in [1.29, 1.82) is 0 Å². The van der Waals surface area contributed by atoms with Crippen LogP contribution in [0.4, 0.5) is 11.8 Å². The maximum absolute atomic E-state index is 12.3. The number of amides is 1. The van der Waals surface area contributed by atoms with Gasteiger partial charge in [-0.2, -0.15) is 5.10 Å². The van der Waals surface area contributed by atoms with E-state index >= 15 is 0 Å². The second-order valence-electron chi connectivity index (χ2n) is 5.94. The predicted molar refractivity (Wildman–Crippen MR) is 102 cm³/mol. The van der Waals surface area contributed by atoms with Gasteiger partial charge < -0.3 is 15.1 Å². The molecule has 0 unspecified atom stereocenters. The average Bonchev–Trinajstić information content (AvgIpc) is 3.37. The Morgan fingerprint density at radius 1 is 1.07 bits per heavy atom. The molecule has 140 valence electrons. The molecule has 4 aromatic rings. The first-order chi connectivity index (χ1) is 13.7. The number of aromatic nitrogens is 5. The number of rotatable bonds is 6. The Bertz CT molecular complexity index is 1090. The van der Waals surface area contributed by atoms with Crippen LogP contribution in [0.25, 0.3) is 11.4 Å². The minimum atomic E-state index is -0.391. The van der Waals surface area contributed by atoms with Gasteiger partial charge in [0.1, 0.15) is 17.8 Å². The molecule has 3 aromatic heterocycles. The fourth-order valence-electron chi connectivity index (χ4n) is 2.52. The SMILES string of the molecule is Cn1nccc1Nc1nccc(-c2coc(C(=O)NCc3ccccc3)n2)n1. The highest BCUT2D eigenvalue weighted by molar-refractivity contribution is 5.90. The largest absolute Gasteiger partial charge is 0.440 e. The van der Waals surface area contributed by atoms with Gasteiger partial charge in [-0.1, -0.05) is 30.3 Å². The summed E-state index contributed by atoms with van der Waals surface area (Å²) in [7, 11) is 1.81. The van der Waals surface area contributed by atoms with Crippen molar-refractivity contribution in [3.63, 3.8) is 0 Å². The van der Waals surface area contributed by atoms with Gasteiger partial charge in [-0.25, -0.2) is 15.0 Å². The number of aryl methyl sites for hydroxylation is 1. The molecular weight excluding hydrogens is 358 g/mol. The summed E-state index contributed by atoms with van der Waals surface area (Å²) in [4.78, 5) is 25.1. The van der Waals surface area contributed by atoms with E-state index in [2.05, 4.69) is 30.7 Å². The van der Waals surface area contributed by atoms with Crippen molar-refractivity contribution in [3.05, 3.63) is 72.6 Å². The van der Waals surface area contributed by atoms with E-state index in [0.717, 1.165) is 11.4 Å². The molecule has 0 spiro atoms.